The summed E-state index contributed by atoms with van der Waals surface area (Å²) in [6.45, 7) is 4.26. The van der Waals surface area contributed by atoms with E-state index in [1.165, 1.54) is 25.7 Å². The lowest BCUT2D eigenvalue weighted by atomic mass is 10.1. The number of rotatable bonds is 10. The molecule has 20 heavy (non-hydrogen) atoms. The van der Waals surface area contributed by atoms with Crippen molar-refractivity contribution in [2.45, 2.75) is 39.2 Å². The molecule has 3 heteroatoms. The second-order valence-corrected chi connectivity index (χ2v) is 4.68. The van der Waals surface area contributed by atoms with Crippen LogP contribution in [0.2, 0.25) is 0 Å². The summed E-state index contributed by atoms with van der Waals surface area (Å²) >= 11 is 0. The molecule has 0 unspecified atom stereocenters. The second kappa shape index (κ2) is 10.2. The largest absolute Gasteiger partial charge is 0.493 e. The van der Waals surface area contributed by atoms with E-state index < -0.39 is 0 Å². The fraction of sp³-hybridized carbons (Fsp3) is 0.529. The number of hydrogen-bond acceptors (Lipinski definition) is 3. The summed E-state index contributed by atoms with van der Waals surface area (Å²) in [6, 6.07) is 5.89. The lowest BCUT2D eigenvalue weighted by molar-refractivity contribution is 0.326. The molecule has 0 aromatic heterocycles. The lowest BCUT2D eigenvalue weighted by Gasteiger charge is -2.14. The third-order valence-corrected chi connectivity index (χ3v) is 3.10. The summed E-state index contributed by atoms with van der Waals surface area (Å²) in [5, 5.41) is 3.44. The van der Waals surface area contributed by atoms with Crippen LogP contribution in [0.4, 0.5) is 0 Å². The van der Waals surface area contributed by atoms with Crippen LogP contribution in [0, 0.1) is 12.3 Å². The first-order valence-electron chi connectivity index (χ1n) is 7.26. The van der Waals surface area contributed by atoms with E-state index in [9.17, 15) is 0 Å². The van der Waals surface area contributed by atoms with Crippen molar-refractivity contribution < 1.29 is 9.47 Å². The quantitative estimate of drug-likeness (QED) is 0.524. The van der Waals surface area contributed by atoms with Gasteiger partial charge in [0.15, 0.2) is 11.5 Å². The SMILES string of the molecule is C#CCOc1c(CNCCCCCC)cccc1OC. The van der Waals surface area contributed by atoms with Gasteiger partial charge in [0.1, 0.15) is 6.61 Å². The fourth-order valence-corrected chi connectivity index (χ4v) is 2.04. The average molecular weight is 275 g/mol. The van der Waals surface area contributed by atoms with Crippen molar-refractivity contribution in [3.05, 3.63) is 23.8 Å². The Bertz CT molecular complexity index is 423. The Balaban J connectivity index is 2.53. The van der Waals surface area contributed by atoms with Gasteiger partial charge in [0.25, 0.3) is 0 Å². The van der Waals surface area contributed by atoms with E-state index in [-0.39, 0.29) is 6.61 Å². The predicted molar refractivity (Wildman–Crippen MR) is 83.2 cm³/mol. The summed E-state index contributed by atoms with van der Waals surface area (Å²) in [6.07, 6.45) is 10.3. The van der Waals surface area contributed by atoms with E-state index in [1.54, 1.807) is 7.11 Å². The van der Waals surface area contributed by atoms with Crippen molar-refractivity contribution in [3.8, 4) is 23.8 Å². The predicted octanol–water partition coefficient (Wildman–Crippen LogP) is 3.38. The maximum Gasteiger partial charge on any atom is 0.167 e. The van der Waals surface area contributed by atoms with E-state index in [4.69, 9.17) is 15.9 Å². The molecule has 0 atom stereocenters. The van der Waals surface area contributed by atoms with Gasteiger partial charge in [-0.1, -0.05) is 44.2 Å². The number of para-hydroxylation sites is 1. The molecule has 0 heterocycles. The molecule has 1 N–H and O–H groups in total. The molecule has 1 aromatic rings. The van der Waals surface area contributed by atoms with Gasteiger partial charge in [0.05, 0.1) is 7.11 Å². The third kappa shape index (κ3) is 5.54. The molecule has 0 saturated heterocycles. The van der Waals surface area contributed by atoms with Gasteiger partial charge in [0, 0.05) is 12.1 Å². The van der Waals surface area contributed by atoms with Crippen LogP contribution in [0.25, 0.3) is 0 Å². The van der Waals surface area contributed by atoms with Crippen LogP contribution in [0.3, 0.4) is 0 Å². The van der Waals surface area contributed by atoms with Crippen molar-refractivity contribution >= 4 is 0 Å². The summed E-state index contributed by atoms with van der Waals surface area (Å²) in [4.78, 5) is 0. The van der Waals surface area contributed by atoms with Crippen LogP contribution in [-0.4, -0.2) is 20.3 Å². The first kappa shape index (κ1) is 16.4. The van der Waals surface area contributed by atoms with Gasteiger partial charge < -0.3 is 14.8 Å². The molecule has 0 aliphatic rings. The molecule has 0 saturated carbocycles. The topological polar surface area (TPSA) is 30.5 Å². The monoisotopic (exact) mass is 275 g/mol. The van der Waals surface area contributed by atoms with Crippen molar-refractivity contribution in [3.63, 3.8) is 0 Å². The van der Waals surface area contributed by atoms with Crippen molar-refractivity contribution in [2.24, 2.45) is 0 Å². The highest BCUT2D eigenvalue weighted by molar-refractivity contribution is 5.46. The van der Waals surface area contributed by atoms with E-state index in [0.29, 0.717) is 0 Å². The zero-order valence-corrected chi connectivity index (χ0v) is 12.6. The average Bonchev–Trinajstić information content (AvgIpc) is 2.49. The molecule has 0 amide bonds. The molecule has 0 radical (unpaired) electrons. The highest BCUT2D eigenvalue weighted by Gasteiger charge is 2.09. The van der Waals surface area contributed by atoms with E-state index in [0.717, 1.165) is 30.2 Å². The van der Waals surface area contributed by atoms with Crippen LogP contribution in [0.15, 0.2) is 18.2 Å². The smallest absolute Gasteiger partial charge is 0.167 e. The minimum absolute atomic E-state index is 0.254. The van der Waals surface area contributed by atoms with Crippen molar-refractivity contribution in [1.29, 1.82) is 0 Å². The normalized spacial score (nSPS) is 10.1. The van der Waals surface area contributed by atoms with Crippen molar-refractivity contribution in [2.75, 3.05) is 20.3 Å². The number of benzene rings is 1. The fourth-order valence-electron chi connectivity index (χ4n) is 2.04. The van der Waals surface area contributed by atoms with Crippen molar-refractivity contribution in [1.82, 2.24) is 5.32 Å². The molecule has 0 aliphatic heterocycles. The van der Waals surface area contributed by atoms with E-state index in [1.807, 2.05) is 18.2 Å². The Morgan fingerprint density at radius 3 is 2.80 bits per heavy atom. The van der Waals surface area contributed by atoms with E-state index in [2.05, 4.69) is 18.2 Å². The van der Waals surface area contributed by atoms with Crippen LogP contribution in [0.1, 0.15) is 38.2 Å². The number of nitrogens with one attached hydrogen (secondary N) is 1. The molecule has 3 nitrogen and oxygen atoms in total. The number of hydrogen-bond donors (Lipinski definition) is 1. The summed E-state index contributed by atoms with van der Waals surface area (Å²) in [5.74, 6) is 3.96. The van der Waals surface area contributed by atoms with Gasteiger partial charge in [0.2, 0.25) is 0 Å². The number of terminal acetylenes is 1. The molecule has 0 fully saturated rings. The zero-order valence-electron chi connectivity index (χ0n) is 12.6. The molecule has 1 aromatic carbocycles. The highest BCUT2D eigenvalue weighted by Crippen LogP contribution is 2.30. The molecule has 1 rings (SSSR count). The van der Waals surface area contributed by atoms with Crippen LogP contribution in [-0.2, 0) is 6.54 Å². The molecular weight excluding hydrogens is 250 g/mol. The third-order valence-electron chi connectivity index (χ3n) is 3.10. The maximum atomic E-state index is 5.60. The maximum absolute atomic E-state index is 5.60. The first-order chi connectivity index (χ1) is 9.83. The molecular formula is C17H25NO2. The van der Waals surface area contributed by atoms with Gasteiger partial charge in [-0.15, -0.1) is 6.42 Å². The van der Waals surface area contributed by atoms with Gasteiger partial charge in [-0.3, -0.25) is 0 Å². The van der Waals surface area contributed by atoms with Crippen LogP contribution in [0.5, 0.6) is 11.5 Å². The standard InChI is InChI=1S/C17H25NO2/c1-4-6-7-8-12-18-14-15-10-9-11-16(19-3)17(15)20-13-5-2/h2,9-11,18H,4,6-8,12-14H2,1,3H3. The first-order valence-corrected chi connectivity index (χ1v) is 7.26. The summed E-state index contributed by atoms with van der Waals surface area (Å²) < 4.78 is 10.9. The molecule has 0 bridgehead atoms. The summed E-state index contributed by atoms with van der Waals surface area (Å²) in [7, 11) is 1.64. The highest BCUT2D eigenvalue weighted by atomic mass is 16.5. The Morgan fingerprint density at radius 1 is 1.25 bits per heavy atom. The van der Waals surface area contributed by atoms with Gasteiger partial charge >= 0.3 is 0 Å². The molecule has 110 valence electrons. The van der Waals surface area contributed by atoms with Crippen LogP contribution < -0.4 is 14.8 Å². The second-order valence-electron chi connectivity index (χ2n) is 4.68. The minimum Gasteiger partial charge on any atom is -0.493 e. The van der Waals surface area contributed by atoms with Gasteiger partial charge in [-0.2, -0.15) is 0 Å². The Kier molecular flexibility index (Phi) is 8.33. The van der Waals surface area contributed by atoms with Gasteiger partial charge in [-0.25, -0.2) is 0 Å². The minimum atomic E-state index is 0.254. The molecule has 0 spiro atoms. The van der Waals surface area contributed by atoms with Crippen LogP contribution >= 0.6 is 0 Å². The lowest BCUT2D eigenvalue weighted by Crippen LogP contribution is -2.15. The van der Waals surface area contributed by atoms with Gasteiger partial charge in [-0.05, 0) is 19.0 Å². The Hall–Kier alpha value is -1.66. The number of methoxy groups -OCH3 is 1. The summed E-state index contributed by atoms with van der Waals surface area (Å²) in [5.41, 5.74) is 1.08. The number of ether oxygens (including phenoxy) is 2. The van der Waals surface area contributed by atoms with E-state index >= 15 is 0 Å². The number of unbranched alkanes of at least 4 members (excludes halogenated alkanes) is 3. The Labute approximate surface area is 122 Å². The Morgan fingerprint density at radius 2 is 2.10 bits per heavy atom. The zero-order chi connectivity index (χ0) is 14.6. The molecule has 0 aliphatic carbocycles.